The van der Waals surface area contributed by atoms with Crippen LogP contribution in [0, 0.1) is 0 Å². The second-order valence-electron chi connectivity index (χ2n) is 6.27. The summed E-state index contributed by atoms with van der Waals surface area (Å²) in [4.78, 5) is 24.8. The number of hydrogen-bond acceptors (Lipinski definition) is 3. The predicted octanol–water partition coefficient (Wildman–Crippen LogP) is 5.37. The highest BCUT2D eigenvalue weighted by atomic mass is 35.5. The molecule has 0 unspecified atom stereocenters. The smallest absolute Gasteiger partial charge is 0.387 e. The van der Waals surface area contributed by atoms with Crippen molar-refractivity contribution in [2.75, 3.05) is 10.6 Å². The van der Waals surface area contributed by atoms with Crippen molar-refractivity contribution < 1.29 is 23.1 Å². The molecule has 3 rings (SSSR count). The van der Waals surface area contributed by atoms with Crippen molar-refractivity contribution >= 4 is 34.8 Å². The second-order valence-corrected chi connectivity index (χ2v) is 6.67. The first kappa shape index (κ1) is 21.3. The average Bonchev–Trinajstić information content (AvgIpc) is 2.70. The molecule has 2 N–H and O–H groups in total. The van der Waals surface area contributed by atoms with Crippen molar-refractivity contribution in [3.63, 3.8) is 0 Å². The number of halogens is 3. The first-order valence-electron chi connectivity index (χ1n) is 8.90. The Hall–Kier alpha value is -3.45. The van der Waals surface area contributed by atoms with Crippen LogP contribution in [-0.4, -0.2) is 18.4 Å². The van der Waals surface area contributed by atoms with Gasteiger partial charge in [-0.15, -0.1) is 0 Å². The fourth-order valence-corrected chi connectivity index (χ4v) is 2.92. The lowest BCUT2D eigenvalue weighted by molar-refractivity contribution is -0.115. The summed E-state index contributed by atoms with van der Waals surface area (Å²) in [5.74, 6) is -0.832. The van der Waals surface area contributed by atoms with Crippen LogP contribution in [-0.2, 0) is 11.2 Å². The maximum atomic E-state index is 12.5. The number of ether oxygens (including phenoxy) is 1. The van der Waals surface area contributed by atoms with E-state index in [1.807, 2.05) is 6.07 Å². The number of carbonyl (C=O) groups is 2. The molecule has 2 amide bonds. The topological polar surface area (TPSA) is 67.4 Å². The van der Waals surface area contributed by atoms with Gasteiger partial charge in [-0.05, 0) is 48.0 Å². The first-order chi connectivity index (χ1) is 14.4. The molecule has 0 aliphatic rings. The van der Waals surface area contributed by atoms with E-state index in [2.05, 4.69) is 15.4 Å². The summed E-state index contributed by atoms with van der Waals surface area (Å²) in [6.07, 6.45) is -0.0609. The summed E-state index contributed by atoms with van der Waals surface area (Å²) in [5.41, 5.74) is 1.69. The van der Waals surface area contributed by atoms with Crippen molar-refractivity contribution in [3.05, 3.63) is 88.9 Å². The van der Waals surface area contributed by atoms with Gasteiger partial charge in [0.05, 0.1) is 17.0 Å². The van der Waals surface area contributed by atoms with E-state index < -0.39 is 12.5 Å². The van der Waals surface area contributed by atoms with Crippen LogP contribution in [0.4, 0.5) is 20.2 Å². The number of hydrogen-bond donors (Lipinski definition) is 2. The standard InChI is InChI=1S/C22H17ClF2N2O3/c23-19-10-9-16(13-18(19)21(29)27-15-6-2-1-3-7-15)26-20(28)12-14-5-4-8-17(11-14)30-22(24)25/h1-11,13,22H,12H2,(H,26,28)(H,27,29). The molecule has 0 fully saturated rings. The van der Waals surface area contributed by atoms with E-state index in [1.54, 1.807) is 36.4 Å². The van der Waals surface area contributed by atoms with E-state index >= 15 is 0 Å². The number of rotatable bonds is 7. The van der Waals surface area contributed by atoms with E-state index in [-0.39, 0.29) is 28.7 Å². The predicted molar refractivity (Wildman–Crippen MR) is 111 cm³/mol. The van der Waals surface area contributed by atoms with Gasteiger partial charge < -0.3 is 15.4 Å². The number of para-hydroxylation sites is 1. The number of amides is 2. The number of alkyl halides is 2. The maximum absolute atomic E-state index is 12.5. The highest BCUT2D eigenvalue weighted by Gasteiger charge is 2.13. The quantitative estimate of drug-likeness (QED) is 0.529. The van der Waals surface area contributed by atoms with Gasteiger partial charge in [-0.3, -0.25) is 9.59 Å². The summed E-state index contributed by atoms with van der Waals surface area (Å²) in [6, 6.07) is 19.3. The number of anilines is 2. The zero-order valence-electron chi connectivity index (χ0n) is 15.6. The lowest BCUT2D eigenvalue weighted by atomic mass is 10.1. The lowest BCUT2D eigenvalue weighted by Crippen LogP contribution is -2.16. The number of benzene rings is 3. The Kier molecular flexibility index (Phi) is 6.98. The Bertz CT molecular complexity index is 1050. The molecule has 3 aromatic carbocycles. The molecule has 0 aromatic heterocycles. The summed E-state index contributed by atoms with van der Waals surface area (Å²) in [7, 11) is 0. The lowest BCUT2D eigenvalue weighted by Gasteiger charge is -2.11. The Morgan fingerprint density at radius 1 is 0.900 bits per heavy atom. The average molecular weight is 431 g/mol. The minimum absolute atomic E-state index is 0.0262. The molecule has 0 bridgehead atoms. The van der Waals surface area contributed by atoms with Crippen LogP contribution in [0.1, 0.15) is 15.9 Å². The molecule has 0 spiro atoms. The van der Waals surface area contributed by atoms with E-state index in [9.17, 15) is 18.4 Å². The van der Waals surface area contributed by atoms with Crippen LogP contribution in [0.3, 0.4) is 0 Å². The summed E-state index contributed by atoms with van der Waals surface area (Å²) >= 11 is 6.13. The fourth-order valence-electron chi connectivity index (χ4n) is 2.72. The molecule has 0 atom stereocenters. The molecule has 0 radical (unpaired) electrons. The largest absolute Gasteiger partial charge is 0.435 e. The minimum Gasteiger partial charge on any atom is -0.435 e. The Morgan fingerprint density at radius 3 is 2.40 bits per heavy atom. The van der Waals surface area contributed by atoms with Gasteiger partial charge in [0.25, 0.3) is 5.91 Å². The van der Waals surface area contributed by atoms with E-state index in [1.165, 1.54) is 30.3 Å². The Labute approximate surface area is 176 Å². The second kappa shape index (κ2) is 9.84. The van der Waals surface area contributed by atoms with Crippen LogP contribution < -0.4 is 15.4 Å². The number of carbonyl (C=O) groups excluding carboxylic acids is 2. The monoisotopic (exact) mass is 430 g/mol. The van der Waals surface area contributed by atoms with Gasteiger partial charge >= 0.3 is 6.61 Å². The third kappa shape index (κ3) is 6.02. The van der Waals surface area contributed by atoms with Crippen LogP contribution in [0.25, 0.3) is 0 Å². The molecule has 30 heavy (non-hydrogen) atoms. The summed E-state index contributed by atoms with van der Waals surface area (Å²) in [6.45, 7) is -2.94. The van der Waals surface area contributed by atoms with Gasteiger partial charge in [0.1, 0.15) is 5.75 Å². The molecule has 0 aliphatic heterocycles. The molecule has 0 heterocycles. The first-order valence-corrected chi connectivity index (χ1v) is 9.28. The summed E-state index contributed by atoms with van der Waals surface area (Å²) in [5, 5.41) is 5.63. The SMILES string of the molecule is O=C(Cc1cccc(OC(F)F)c1)Nc1ccc(Cl)c(C(=O)Nc2ccccc2)c1. The Balaban J connectivity index is 1.67. The molecule has 8 heteroatoms. The van der Waals surface area contributed by atoms with Gasteiger partial charge in [0, 0.05) is 11.4 Å². The fraction of sp³-hybridized carbons (Fsp3) is 0.0909. The van der Waals surface area contributed by atoms with Crippen molar-refractivity contribution in [2.24, 2.45) is 0 Å². The molecule has 0 saturated carbocycles. The molecule has 154 valence electrons. The summed E-state index contributed by atoms with van der Waals surface area (Å²) < 4.78 is 29.0. The molecular formula is C22H17ClF2N2O3. The maximum Gasteiger partial charge on any atom is 0.387 e. The van der Waals surface area contributed by atoms with Gasteiger partial charge in [0.2, 0.25) is 5.91 Å². The zero-order valence-corrected chi connectivity index (χ0v) is 16.3. The number of nitrogens with one attached hydrogen (secondary N) is 2. The minimum atomic E-state index is -2.94. The molecule has 5 nitrogen and oxygen atoms in total. The van der Waals surface area contributed by atoms with Gasteiger partial charge in [-0.25, -0.2) is 0 Å². The van der Waals surface area contributed by atoms with E-state index in [0.29, 0.717) is 16.9 Å². The highest BCUT2D eigenvalue weighted by molar-refractivity contribution is 6.34. The van der Waals surface area contributed by atoms with Crippen molar-refractivity contribution in [1.82, 2.24) is 0 Å². The van der Waals surface area contributed by atoms with Crippen LogP contribution >= 0.6 is 11.6 Å². The molecule has 0 aliphatic carbocycles. The highest BCUT2D eigenvalue weighted by Crippen LogP contribution is 2.23. The third-order valence-electron chi connectivity index (χ3n) is 4.01. The Morgan fingerprint density at radius 2 is 1.67 bits per heavy atom. The zero-order chi connectivity index (χ0) is 21.5. The van der Waals surface area contributed by atoms with Crippen molar-refractivity contribution in [3.8, 4) is 5.75 Å². The van der Waals surface area contributed by atoms with Crippen LogP contribution in [0.15, 0.2) is 72.8 Å². The van der Waals surface area contributed by atoms with Crippen LogP contribution in [0.5, 0.6) is 5.75 Å². The van der Waals surface area contributed by atoms with Crippen LogP contribution in [0.2, 0.25) is 5.02 Å². The molecular weight excluding hydrogens is 414 g/mol. The van der Waals surface area contributed by atoms with Gasteiger partial charge in [0.15, 0.2) is 0 Å². The van der Waals surface area contributed by atoms with E-state index in [0.717, 1.165) is 0 Å². The normalized spacial score (nSPS) is 10.5. The van der Waals surface area contributed by atoms with Crippen molar-refractivity contribution in [1.29, 1.82) is 0 Å². The van der Waals surface area contributed by atoms with Gasteiger partial charge in [-0.1, -0.05) is 41.9 Å². The van der Waals surface area contributed by atoms with Crippen molar-refractivity contribution in [2.45, 2.75) is 13.0 Å². The van der Waals surface area contributed by atoms with Gasteiger partial charge in [-0.2, -0.15) is 8.78 Å². The molecule has 3 aromatic rings. The molecule has 0 saturated heterocycles. The third-order valence-corrected chi connectivity index (χ3v) is 4.34. The van der Waals surface area contributed by atoms with E-state index in [4.69, 9.17) is 11.6 Å².